The summed E-state index contributed by atoms with van der Waals surface area (Å²) in [4.78, 5) is 4.00. The zero-order valence-corrected chi connectivity index (χ0v) is 14.9. The maximum atomic E-state index is 13.5. The van der Waals surface area contributed by atoms with Crippen molar-refractivity contribution in [2.75, 3.05) is 11.2 Å². The molecule has 3 rings (SSSR count). The predicted octanol–water partition coefficient (Wildman–Crippen LogP) is 4.17. The topological polar surface area (TPSA) is 71.4 Å². The van der Waals surface area contributed by atoms with Crippen LogP contribution in [0, 0.1) is 5.82 Å². The summed E-state index contributed by atoms with van der Waals surface area (Å²) in [5.74, 6) is -0.511. The Hall–Kier alpha value is -1.41. The maximum Gasteiger partial charge on any atom is 0.179 e. The number of rotatable bonds is 2. The smallest absolute Gasteiger partial charge is 0.179 e. The summed E-state index contributed by atoms with van der Waals surface area (Å²) in [5, 5.41) is 4.55. The van der Waals surface area contributed by atoms with Crippen LogP contribution in [0.15, 0.2) is 34.3 Å². The maximum absolute atomic E-state index is 13.5. The van der Waals surface area contributed by atoms with Gasteiger partial charge in [0.25, 0.3) is 0 Å². The van der Waals surface area contributed by atoms with E-state index in [0.29, 0.717) is 5.71 Å². The van der Waals surface area contributed by atoms with Crippen LogP contribution in [0.25, 0.3) is 0 Å². The van der Waals surface area contributed by atoms with Gasteiger partial charge in [-0.05, 0) is 24.3 Å². The molecular weight excluding hydrogens is 400 g/mol. The lowest BCUT2D eigenvalue weighted by Crippen LogP contribution is -2.23. The molecule has 2 heterocycles. The normalized spacial score (nSPS) is 17.6. The molecule has 0 atom stereocenters. The molecule has 0 unspecified atom stereocenters. The van der Waals surface area contributed by atoms with E-state index in [-0.39, 0.29) is 43.6 Å². The quantitative estimate of drug-likeness (QED) is 0.460. The molecule has 0 saturated heterocycles. The Morgan fingerprint density at radius 3 is 2.67 bits per heavy atom. The van der Waals surface area contributed by atoms with E-state index in [1.54, 1.807) is 0 Å². The zero-order chi connectivity index (χ0) is 17.5. The SMILES string of the molecule is O=S1(=O)CC/C(=N\Nc2nc(Cl)c(Cl)cc2Cl)c2cc(F)ccc21. The molecule has 0 fully saturated rings. The van der Waals surface area contributed by atoms with E-state index in [2.05, 4.69) is 15.5 Å². The summed E-state index contributed by atoms with van der Waals surface area (Å²) < 4.78 is 37.7. The fourth-order valence-corrected chi connectivity index (χ4v) is 4.24. The highest BCUT2D eigenvalue weighted by Crippen LogP contribution is 2.30. The molecule has 2 aromatic rings. The van der Waals surface area contributed by atoms with Crippen LogP contribution in [0.4, 0.5) is 10.2 Å². The number of aromatic nitrogens is 1. The third kappa shape index (κ3) is 3.35. The lowest BCUT2D eigenvalue weighted by molar-refractivity contribution is 0.593. The first-order valence-electron chi connectivity index (χ1n) is 6.65. The Labute approximate surface area is 152 Å². The molecule has 10 heteroatoms. The van der Waals surface area contributed by atoms with E-state index in [1.807, 2.05) is 0 Å². The van der Waals surface area contributed by atoms with E-state index in [9.17, 15) is 12.8 Å². The molecule has 1 aromatic carbocycles. The second kappa shape index (κ2) is 6.48. The van der Waals surface area contributed by atoms with Gasteiger partial charge in [0.2, 0.25) is 0 Å². The summed E-state index contributed by atoms with van der Waals surface area (Å²) in [6, 6.07) is 4.87. The number of sulfone groups is 1. The van der Waals surface area contributed by atoms with Gasteiger partial charge in [-0.1, -0.05) is 34.8 Å². The first-order chi connectivity index (χ1) is 11.3. The van der Waals surface area contributed by atoms with Gasteiger partial charge in [0, 0.05) is 12.0 Å². The molecule has 1 aliphatic heterocycles. The molecular formula is C14H9Cl3FN3O2S. The average molecular weight is 409 g/mol. The van der Waals surface area contributed by atoms with E-state index >= 15 is 0 Å². The highest BCUT2D eigenvalue weighted by atomic mass is 35.5. The summed E-state index contributed by atoms with van der Waals surface area (Å²) in [6.45, 7) is 0. The van der Waals surface area contributed by atoms with Crippen LogP contribution in [0.5, 0.6) is 0 Å². The molecule has 0 bridgehead atoms. The molecule has 5 nitrogen and oxygen atoms in total. The lowest BCUT2D eigenvalue weighted by atomic mass is 10.1. The molecule has 24 heavy (non-hydrogen) atoms. The van der Waals surface area contributed by atoms with Crippen molar-refractivity contribution in [1.82, 2.24) is 4.98 Å². The molecule has 1 aliphatic rings. The number of nitrogens with zero attached hydrogens (tertiary/aromatic N) is 2. The molecule has 126 valence electrons. The van der Waals surface area contributed by atoms with Crippen LogP contribution in [-0.4, -0.2) is 24.9 Å². The highest BCUT2D eigenvalue weighted by molar-refractivity contribution is 7.91. The largest absolute Gasteiger partial charge is 0.260 e. The fraction of sp³-hybridized carbons (Fsp3) is 0.143. The van der Waals surface area contributed by atoms with E-state index < -0.39 is 15.7 Å². The van der Waals surface area contributed by atoms with Gasteiger partial charge in [-0.2, -0.15) is 5.10 Å². The summed E-state index contributed by atoms with van der Waals surface area (Å²) in [5.41, 5.74) is 3.21. The molecule has 1 aromatic heterocycles. The molecule has 1 N–H and O–H groups in total. The summed E-state index contributed by atoms with van der Waals surface area (Å²) >= 11 is 17.6. The number of hydrogen-bond donors (Lipinski definition) is 1. The number of benzene rings is 1. The second-order valence-corrected chi connectivity index (χ2v) is 8.22. The van der Waals surface area contributed by atoms with Gasteiger partial charge in [-0.15, -0.1) is 0 Å². The Morgan fingerprint density at radius 1 is 1.17 bits per heavy atom. The van der Waals surface area contributed by atoms with Crippen molar-refractivity contribution in [1.29, 1.82) is 0 Å². The van der Waals surface area contributed by atoms with Gasteiger partial charge in [0.15, 0.2) is 15.7 Å². The third-order valence-corrected chi connectivity index (χ3v) is 6.11. The van der Waals surface area contributed by atoms with Crippen LogP contribution < -0.4 is 5.43 Å². The number of nitrogens with one attached hydrogen (secondary N) is 1. The fourth-order valence-electron chi connectivity index (χ4n) is 2.23. The summed E-state index contributed by atoms with van der Waals surface area (Å²) in [7, 11) is -3.45. The molecule has 0 aliphatic carbocycles. The monoisotopic (exact) mass is 407 g/mol. The number of pyridine rings is 1. The van der Waals surface area contributed by atoms with Crippen LogP contribution >= 0.6 is 34.8 Å². The number of halogens is 4. The Morgan fingerprint density at radius 2 is 1.92 bits per heavy atom. The molecule has 0 radical (unpaired) electrons. The van der Waals surface area contributed by atoms with E-state index in [1.165, 1.54) is 12.1 Å². The second-order valence-electron chi connectivity index (χ2n) is 4.97. The third-order valence-electron chi connectivity index (χ3n) is 3.38. The van der Waals surface area contributed by atoms with E-state index in [4.69, 9.17) is 34.8 Å². The zero-order valence-electron chi connectivity index (χ0n) is 11.9. The number of anilines is 1. The highest BCUT2D eigenvalue weighted by Gasteiger charge is 2.28. The van der Waals surface area contributed by atoms with Crippen molar-refractivity contribution < 1.29 is 12.8 Å². The molecule has 0 amide bonds. The minimum Gasteiger partial charge on any atom is -0.260 e. The summed E-state index contributed by atoms with van der Waals surface area (Å²) in [6.07, 6.45) is 0.130. The van der Waals surface area contributed by atoms with Crippen molar-refractivity contribution >= 4 is 56.2 Å². The minimum atomic E-state index is -3.45. The Balaban J connectivity index is 2.01. The van der Waals surface area contributed by atoms with Gasteiger partial charge in [0.1, 0.15) is 11.0 Å². The van der Waals surface area contributed by atoms with Crippen molar-refractivity contribution in [3.8, 4) is 0 Å². The van der Waals surface area contributed by atoms with Crippen LogP contribution in [0.2, 0.25) is 15.2 Å². The van der Waals surface area contributed by atoms with Crippen LogP contribution in [-0.2, 0) is 9.84 Å². The Bertz CT molecular complexity index is 964. The van der Waals surface area contributed by atoms with Crippen molar-refractivity contribution in [2.24, 2.45) is 5.10 Å². The van der Waals surface area contributed by atoms with Crippen molar-refractivity contribution in [3.05, 3.63) is 50.8 Å². The van der Waals surface area contributed by atoms with Gasteiger partial charge in [0.05, 0.1) is 26.4 Å². The molecule has 0 saturated carbocycles. The van der Waals surface area contributed by atoms with Crippen molar-refractivity contribution in [2.45, 2.75) is 11.3 Å². The number of hydrogen-bond acceptors (Lipinski definition) is 5. The first-order valence-corrected chi connectivity index (χ1v) is 9.43. The van der Waals surface area contributed by atoms with Crippen molar-refractivity contribution in [3.63, 3.8) is 0 Å². The van der Waals surface area contributed by atoms with E-state index in [0.717, 1.165) is 12.1 Å². The standard InChI is InChI=1S/C14H9Cl3FN3O2S/c15-9-6-10(16)14(19-13(9)17)21-20-11-3-4-24(22,23)12-2-1-7(18)5-8(11)12/h1-2,5-6H,3-4H2,(H,19,21)/b20-11+. The van der Waals surface area contributed by atoms with Gasteiger partial charge < -0.3 is 0 Å². The number of hydrazone groups is 1. The molecule has 0 spiro atoms. The number of fused-ring (bicyclic) bond motifs is 1. The minimum absolute atomic E-state index is 0.0430. The van der Waals surface area contributed by atoms with Crippen LogP contribution in [0.3, 0.4) is 0 Å². The lowest BCUT2D eigenvalue weighted by Gasteiger charge is -2.18. The predicted molar refractivity (Wildman–Crippen MR) is 92.5 cm³/mol. The van der Waals surface area contributed by atoms with Crippen LogP contribution in [0.1, 0.15) is 12.0 Å². The average Bonchev–Trinajstić information content (AvgIpc) is 2.51. The Kier molecular flexibility index (Phi) is 4.70. The van der Waals surface area contributed by atoms with Gasteiger partial charge in [-0.25, -0.2) is 17.8 Å². The van der Waals surface area contributed by atoms with Gasteiger partial charge in [-0.3, -0.25) is 5.43 Å². The first kappa shape index (κ1) is 17.4. The van der Waals surface area contributed by atoms with Gasteiger partial charge >= 0.3 is 0 Å².